The van der Waals surface area contributed by atoms with Crippen LogP contribution in [0, 0.1) is 0 Å². The molecule has 3 aromatic heterocycles. The summed E-state index contributed by atoms with van der Waals surface area (Å²) in [5.74, 6) is 0.701. The Morgan fingerprint density at radius 2 is 1.93 bits per heavy atom. The van der Waals surface area contributed by atoms with Crippen molar-refractivity contribution in [2.24, 2.45) is 0 Å². The van der Waals surface area contributed by atoms with Crippen molar-refractivity contribution in [1.29, 1.82) is 0 Å². The molecule has 138 valence electrons. The molecule has 7 nitrogen and oxygen atoms in total. The number of hydrogen-bond donors (Lipinski definition) is 2. The van der Waals surface area contributed by atoms with E-state index in [9.17, 15) is 8.42 Å². The van der Waals surface area contributed by atoms with E-state index >= 15 is 0 Å². The molecule has 0 bridgehead atoms. The van der Waals surface area contributed by atoms with Crippen molar-refractivity contribution in [3.8, 4) is 0 Å². The van der Waals surface area contributed by atoms with Crippen LogP contribution in [0.1, 0.15) is 11.8 Å². The Labute approximate surface area is 164 Å². The molecular formula is C17H15N5O2S3. The summed E-state index contributed by atoms with van der Waals surface area (Å²) >= 11 is 2.87. The minimum atomic E-state index is -3.66. The van der Waals surface area contributed by atoms with E-state index < -0.39 is 10.0 Å². The summed E-state index contributed by atoms with van der Waals surface area (Å²) in [6.07, 6.45) is 4.02. The van der Waals surface area contributed by atoms with Crippen LogP contribution < -0.4 is 10.0 Å². The van der Waals surface area contributed by atoms with Crippen molar-refractivity contribution in [2.45, 2.75) is 18.2 Å². The highest BCUT2D eigenvalue weighted by Crippen LogP contribution is 2.30. The van der Waals surface area contributed by atoms with Crippen LogP contribution in [0.25, 0.3) is 10.2 Å². The van der Waals surface area contributed by atoms with Gasteiger partial charge in [0.2, 0.25) is 0 Å². The first-order chi connectivity index (χ1) is 13.0. The van der Waals surface area contributed by atoms with Crippen LogP contribution in [0.3, 0.4) is 0 Å². The van der Waals surface area contributed by atoms with E-state index in [0.717, 1.165) is 22.3 Å². The third kappa shape index (κ3) is 3.77. The molecule has 3 heterocycles. The van der Waals surface area contributed by atoms with E-state index in [1.807, 2.05) is 0 Å². The molecule has 0 fully saturated rings. The molecule has 2 N–H and O–H groups in total. The number of nitrogens with zero attached hydrogens (tertiary/aromatic N) is 3. The van der Waals surface area contributed by atoms with Crippen molar-refractivity contribution in [3.63, 3.8) is 0 Å². The first kappa shape index (κ1) is 17.8. The van der Waals surface area contributed by atoms with Crippen molar-refractivity contribution in [2.75, 3.05) is 10.0 Å². The number of aryl methyl sites for hydroxylation is 1. The van der Waals surface area contributed by atoms with Gasteiger partial charge in [-0.25, -0.2) is 23.4 Å². The first-order valence-electron chi connectivity index (χ1n) is 8.08. The number of benzene rings is 1. The molecule has 0 aliphatic carbocycles. The van der Waals surface area contributed by atoms with Crippen LogP contribution in [0.15, 0.2) is 53.1 Å². The monoisotopic (exact) mass is 417 g/mol. The lowest BCUT2D eigenvalue weighted by molar-refractivity contribution is 0.601. The van der Waals surface area contributed by atoms with E-state index in [1.165, 1.54) is 22.5 Å². The van der Waals surface area contributed by atoms with Crippen molar-refractivity contribution >= 4 is 59.6 Å². The van der Waals surface area contributed by atoms with E-state index in [-0.39, 0.29) is 4.90 Å². The number of rotatable bonds is 6. The highest BCUT2D eigenvalue weighted by atomic mass is 32.2. The van der Waals surface area contributed by atoms with Gasteiger partial charge in [0.15, 0.2) is 5.13 Å². The third-order valence-electron chi connectivity index (χ3n) is 3.81. The molecule has 0 aliphatic heterocycles. The Morgan fingerprint density at radius 3 is 2.63 bits per heavy atom. The van der Waals surface area contributed by atoms with Crippen LogP contribution in [0.4, 0.5) is 16.6 Å². The summed E-state index contributed by atoms with van der Waals surface area (Å²) in [5.41, 5.74) is 0.743. The summed E-state index contributed by atoms with van der Waals surface area (Å²) in [6, 6.07) is 8.58. The molecule has 0 atom stereocenters. The summed E-state index contributed by atoms with van der Waals surface area (Å²) in [6.45, 7) is 2.10. The normalized spacial score (nSPS) is 11.6. The molecule has 0 radical (unpaired) electrons. The molecule has 4 rings (SSSR count). The van der Waals surface area contributed by atoms with Crippen LogP contribution in [-0.4, -0.2) is 23.4 Å². The molecule has 0 amide bonds. The fourth-order valence-corrected chi connectivity index (χ4v) is 5.20. The predicted molar refractivity (Wildman–Crippen MR) is 109 cm³/mol. The molecule has 27 heavy (non-hydrogen) atoms. The minimum Gasteiger partial charge on any atom is -0.340 e. The molecule has 0 spiro atoms. The second-order valence-corrected chi connectivity index (χ2v) is 9.29. The summed E-state index contributed by atoms with van der Waals surface area (Å²) in [5, 5.41) is 6.25. The summed E-state index contributed by atoms with van der Waals surface area (Å²) in [7, 11) is -3.66. The van der Waals surface area contributed by atoms with E-state index in [0.29, 0.717) is 10.9 Å². The zero-order valence-corrected chi connectivity index (χ0v) is 16.7. The smallest absolute Gasteiger partial charge is 0.263 e. The maximum Gasteiger partial charge on any atom is 0.263 e. The molecule has 0 aliphatic rings. The largest absolute Gasteiger partial charge is 0.340 e. The highest BCUT2D eigenvalue weighted by Gasteiger charge is 2.15. The number of thiophene rings is 1. The molecule has 0 unspecified atom stereocenters. The van der Waals surface area contributed by atoms with Gasteiger partial charge in [-0.15, -0.1) is 22.7 Å². The quantitative estimate of drug-likeness (QED) is 0.487. The fraction of sp³-hybridized carbons (Fsp3) is 0.118. The summed E-state index contributed by atoms with van der Waals surface area (Å²) < 4.78 is 27.2. The average Bonchev–Trinajstić information content (AvgIpc) is 3.31. The maximum atomic E-state index is 12.4. The Hall–Kier alpha value is -2.56. The molecule has 0 saturated carbocycles. The summed E-state index contributed by atoms with van der Waals surface area (Å²) in [4.78, 5) is 14.9. The van der Waals surface area contributed by atoms with Crippen LogP contribution >= 0.6 is 22.7 Å². The Balaban J connectivity index is 1.57. The SMILES string of the molecule is CCc1cc2c(Nc3ccc(S(=O)(=O)Nc4nccs4)cc3)ncnc2s1. The Kier molecular flexibility index (Phi) is 4.77. The number of hydrogen-bond acceptors (Lipinski definition) is 8. The standard InChI is InChI=1S/C17H15N5O2S3/c1-2-12-9-14-15(19-10-20-16(14)26-12)21-11-3-5-13(6-4-11)27(23,24)22-17-18-7-8-25-17/h3-10H,2H2,1H3,(H,18,22)(H,19,20,21). The first-order valence-corrected chi connectivity index (χ1v) is 11.3. The van der Waals surface area contributed by atoms with Crippen molar-refractivity contribution in [1.82, 2.24) is 15.0 Å². The lowest BCUT2D eigenvalue weighted by Gasteiger charge is -2.08. The van der Waals surface area contributed by atoms with E-state index in [1.54, 1.807) is 47.2 Å². The lowest BCUT2D eigenvalue weighted by atomic mass is 10.3. The van der Waals surface area contributed by atoms with E-state index in [4.69, 9.17) is 0 Å². The van der Waals surface area contributed by atoms with E-state index in [2.05, 4.69) is 38.0 Å². The molecule has 4 aromatic rings. The van der Waals surface area contributed by atoms with Crippen LogP contribution in [-0.2, 0) is 16.4 Å². The molecule has 0 saturated heterocycles. The van der Waals surface area contributed by atoms with Crippen LogP contribution in [0.5, 0.6) is 0 Å². The molecule has 1 aromatic carbocycles. The van der Waals surface area contributed by atoms with Gasteiger partial charge in [-0.3, -0.25) is 4.72 Å². The zero-order valence-electron chi connectivity index (χ0n) is 14.2. The van der Waals surface area contributed by atoms with Gasteiger partial charge in [0.1, 0.15) is 17.0 Å². The van der Waals surface area contributed by atoms with Gasteiger partial charge in [-0.1, -0.05) is 6.92 Å². The molecule has 10 heteroatoms. The number of thiazole rings is 1. The number of fused-ring (bicyclic) bond motifs is 1. The lowest BCUT2D eigenvalue weighted by Crippen LogP contribution is -2.12. The highest BCUT2D eigenvalue weighted by molar-refractivity contribution is 7.93. The predicted octanol–water partition coefficient (Wildman–Crippen LogP) is 4.25. The number of nitrogens with one attached hydrogen (secondary N) is 2. The van der Waals surface area contributed by atoms with Crippen molar-refractivity contribution in [3.05, 3.63) is 53.1 Å². The van der Waals surface area contributed by atoms with Gasteiger partial charge < -0.3 is 5.32 Å². The third-order valence-corrected chi connectivity index (χ3v) is 7.17. The molecular weight excluding hydrogens is 402 g/mol. The van der Waals surface area contributed by atoms with Gasteiger partial charge in [-0.2, -0.15) is 0 Å². The van der Waals surface area contributed by atoms with Gasteiger partial charge in [-0.05, 0) is 36.8 Å². The van der Waals surface area contributed by atoms with Gasteiger partial charge >= 0.3 is 0 Å². The minimum absolute atomic E-state index is 0.167. The Morgan fingerprint density at radius 1 is 1.11 bits per heavy atom. The van der Waals surface area contributed by atoms with Crippen molar-refractivity contribution < 1.29 is 8.42 Å². The van der Waals surface area contributed by atoms with Gasteiger partial charge in [0.05, 0.1) is 10.3 Å². The van der Waals surface area contributed by atoms with Gasteiger partial charge in [0.25, 0.3) is 10.0 Å². The maximum absolute atomic E-state index is 12.4. The van der Waals surface area contributed by atoms with Gasteiger partial charge in [0, 0.05) is 22.1 Å². The number of sulfonamides is 1. The second-order valence-electron chi connectivity index (χ2n) is 5.60. The topological polar surface area (TPSA) is 96.9 Å². The number of anilines is 3. The second kappa shape index (κ2) is 7.22. The average molecular weight is 418 g/mol. The number of aromatic nitrogens is 3. The van der Waals surface area contributed by atoms with Crippen LogP contribution in [0.2, 0.25) is 0 Å². The fourth-order valence-electron chi connectivity index (χ4n) is 2.48. The Bertz CT molecular complexity index is 1170. The zero-order chi connectivity index (χ0) is 18.9.